The predicted octanol–water partition coefficient (Wildman–Crippen LogP) is 2.92. The van der Waals surface area contributed by atoms with E-state index in [1.54, 1.807) is 0 Å². The molecule has 0 unspecified atom stereocenters. The first kappa shape index (κ1) is 46.7. The van der Waals surface area contributed by atoms with Gasteiger partial charge in [-0.05, 0) is 46.9 Å². The lowest BCUT2D eigenvalue weighted by Crippen LogP contribution is -2.38. The monoisotopic (exact) mass is 822 g/mol. The smallest absolute Gasteiger partial charge is 0.407 e. The Morgan fingerprint density at radius 2 is 1.25 bits per heavy atom. The summed E-state index contributed by atoms with van der Waals surface area (Å²) in [4.78, 5) is 72.5. The van der Waals surface area contributed by atoms with Crippen molar-refractivity contribution in [3.8, 4) is 11.1 Å². The van der Waals surface area contributed by atoms with Gasteiger partial charge in [0.1, 0.15) is 25.9 Å². The fraction of sp³-hybridized carbons (Fsp3) is 0.535. The number of carboxylic acids is 1. The second kappa shape index (κ2) is 24.8. The second-order valence-corrected chi connectivity index (χ2v) is 15.1. The molecule has 0 aliphatic heterocycles. The van der Waals surface area contributed by atoms with Gasteiger partial charge in [0.2, 0.25) is 11.8 Å². The predicted molar refractivity (Wildman–Crippen MR) is 217 cm³/mol. The number of benzene rings is 2. The van der Waals surface area contributed by atoms with Gasteiger partial charge in [-0.15, -0.1) is 0 Å². The van der Waals surface area contributed by atoms with Crippen LogP contribution in [-0.2, 0) is 47.7 Å². The molecule has 0 spiro atoms. The van der Waals surface area contributed by atoms with E-state index in [0.29, 0.717) is 25.8 Å². The van der Waals surface area contributed by atoms with Gasteiger partial charge in [-0.2, -0.15) is 0 Å². The van der Waals surface area contributed by atoms with Crippen molar-refractivity contribution < 1.29 is 57.6 Å². The average molecular weight is 823 g/mol. The van der Waals surface area contributed by atoms with Crippen LogP contribution in [0.15, 0.2) is 60.2 Å². The molecule has 2 aliphatic rings. The fourth-order valence-corrected chi connectivity index (χ4v) is 6.83. The third-order valence-corrected chi connectivity index (χ3v) is 9.73. The van der Waals surface area contributed by atoms with E-state index in [9.17, 15) is 33.9 Å². The molecule has 0 bridgehead atoms. The minimum atomic E-state index is -1.03. The number of alkyl carbamates (subject to hydrolysis) is 1. The number of hydrogen-bond donors (Lipinski definition) is 5. The molecule has 4 rings (SSSR count). The Bertz CT molecular complexity index is 1700. The van der Waals surface area contributed by atoms with Crippen LogP contribution in [0.3, 0.4) is 0 Å². The lowest BCUT2D eigenvalue weighted by Gasteiger charge is -2.28. The summed E-state index contributed by atoms with van der Waals surface area (Å²) in [5.41, 5.74) is 4.40. The normalized spacial score (nSPS) is 14.9. The van der Waals surface area contributed by atoms with Gasteiger partial charge in [0, 0.05) is 44.9 Å². The van der Waals surface area contributed by atoms with Crippen molar-refractivity contribution in [1.29, 1.82) is 0 Å². The summed E-state index contributed by atoms with van der Waals surface area (Å²) in [7, 11) is 0. The topological polar surface area (TPSA) is 217 Å². The highest BCUT2D eigenvalue weighted by Crippen LogP contribution is 2.44. The number of ether oxygens (including phenoxy) is 5. The summed E-state index contributed by atoms with van der Waals surface area (Å²) >= 11 is 0. The molecule has 59 heavy (non-hydrogen) atoms. The Morgan fingerprint density at radius 1 is 0.729 bits per heavy atom. The maximum Gasteiger partial charge on any atom is 0.407 e. The van der Waals surface area contributed by atoms with Gasteiger partial charge < -0.3 is 50.1 Å². The van der Waals surface area contributed by atoms with Crippen molar-refractivity contribution in [1.82, 2.24) is 21.3 Å². The zero-order valence-electron chi connectivity index (χ0n) is 34.0. The number of aliphatic carboxylic acids is 1. The molecule has 3 amide bonds. The van der Waals surface area contributed by atoms with Gasteiger partial charge in [0.25, 0.3) is 0 Å². The molecular formula is C43H58N4O12. The van der Waals surface area contributed by atoms with Gasteiger partial charge in [-0.1, -0.05) is 68.5 Å². The van der Waals surface area contributed by atoms with Crippen LogP contribution in [0.25, 0.3) is 11.1 Å². The number of carbonyl (C=O) groups is 6. The van der Waals surface area contributed by atoms with E-state index in [1.807, 2.05) is 38.1 Å². The minimum absolute atomic E-state index is 0.0101. The molecule has 0 aromatic heterocycles. The highest BCUT2D eigenvalue weighted by Gasteiger charge is 2.35. The van der Waals surface area contributed by atoms with E-state index in [1.165, 1.54) is 17.2 Å². The Kier molecular flexibility index (Phi) is 19.6. The molecule has 1 fully saturated rings. The summed E-state index contributed by atoms with van der Waals surface area (Å²) < 4.78 is 27.0. The Labute approximate surface area is 345 Å². The van der Waals surface area contributed by atoms with E-state index in [4.69, 9.17) is 23.7 Å². The van der Waals surface area contributed by atoms with E-state index < -0.39 is 18.1 Å². The number of nitrogens with one attached hydrogen (secondary N) is 4. The first-order valence-electron chi connectivity index (χ1n) is 20.1. The van der Waals surface area contributed by atoms with Crippen molar-refractivity contribution >= 4 is 35.4 Å². The van der Waals surface area contributed by atoms with Gasteiger partial charge in [0.15, 0.2) is 11.6 Å². The number of amides is 3. The van der Waals surface area contributed by atoms with Crippen LogP contribution in [0.2, 0.25) is 0 Å². The summed E-state index contributed by atoms with van der Waals surface area (Å²) in [5, 5.41) is 20.5. The van der Waals surface area contributed by atoms with Crippen molar-refractivity contribution in [2.75, 3.05) is 85.6 Å². The molecule has 16 nitrogen and oxygen atoms in total. The number of Topliss-reactive ketones (excluding diaryl/α,β-unsaturated/α-hetero) is 2. The lowest BCUT2D eigenvalue weighted by atomic mass is 9.74. The SMILES string of the molecule is CC1(C)CC(=O)C(=CCN[C@@H](CCCCNC(=O)COCCOCCNC(=O)COCCOCCNC(=O)OCC2c3ccccc3-c3ccccc32)C(=O)O)C(=O)C1. The molecule has 0 heterocycles. The molecule has 2 aliphatic carbocycles. The number of carbonyl (C=O) groups excluding carboxylic acids is 5. The number of allylic oxidation sites excluding steroid dienone is 1. The quantitative estimate of drug-likeness (QED) is 0.0499. The van der Waals surface area contributed by atoms with Crippen LogP contribution in [0.1, 0.15) is 63.0 Å². The van der Waals surface area contributed by atoms with Gasteiger partial charge in [0.05, 0.1) is 45.2 Å². The largest absolute Gasteiger partial charge is 0.480 e. The summed E-state index contributed by atoms with van der Waals surface area (Å²) in [6.07, 6.45) is 2.95. The second-order valence-electron chi connectivity index (χ2n) is 15.1. The Morgan fingerprint density at radius 3 is 1.83 bits per heavy atom. The number of fused-ring (bicyclic) bond motifs is 3. The van der Waals surface area contributed by atoms with Gasteiger partial charge >= 0.3 is 12.1 Å². The maximum atomic E-state index is 12.3. The third kappa shape index (κ3) is 16.3. The average Bonchev–Trinajstić information content (AvgIpc) is 3.52. The number of hydrogen-bond acceptors (Lipinski definition) is 12. The molecule has 5 N–H and O–H groups in total. The molecule has 0 radical (unpaired) electrons. The third-order valence-electron chi connectivity index (χ3n) is 9.73. The Hall–Kier alpha value is -5.00. The van der Waals surface area contributed by atoms with Crippen LogP contribution in [0.4, 0.5) is 4.79 Å². The van der Waals surface area contributed by atoms with Crippen LogP contribution in [0.5, 0.6) is 0 Å². The molecule has 0 saturated heterocycles. The number of ketones is 2. The molecule has 2 aromatic rings. The highest BCUT2D eigenvalue weighted by molar-refractivity contribution is 6.22. The van der Waals surface area contributed by atoms with E-state index in [0.717, 1.165) is 11.1 Å². The van der Waals surface area contributed by atoms with Gasteiger partial charge in [-0.25, -0.2) is 4.79 Å². The highest BCUT2D eigenvalue weighted by atomic mass is 16.6. The molecule has 1 atom stereocenters. The zero-order chi connectivity index (χ0) is 42.5. The number of carboxylic acid groups (broad SMARTS) is 1. The first-order chi connectivity index (χ1) is 28.4. The van der Waals surface area contributed by atoms with Crippen LogP contribution >= 0.6 is 0 Å². The molecular weight excluding hydrogens is 764 g/mol. The van der Waals surface area contributed by atoms with Crippen LogP contribution in [0, 0.1) is 5.41 Å². The first-order valence-corrected chi connectivity index (χ1v) is 20.1. The van der Waals surface area contributed by atoms with E-state index >= 15 is 0 Å². The standard InChI is InChI=1S/C43H58N4O12/c1-43(2)25-37(48)34(38(49)26-43)14-16-44-36(41(52)53)13-7-8-15-45-39(50)28-57-23-21-55-19-17-46-40(51)29-58-24-22-56-20-18-47-42(54)59-27-35-32-11-5-3-9-30(32)31-10-4-6-12-33(31)35/h3-6,9-12,14,35-36,44H,7-8,13,15-29H2,1-2H3,(H,45,50)(H,46,51)(H,47,54)(H,52,53)/t36-/m0/s1. The van der Waals surface area contributed by atoms with E-state index in [2.05, 4.69) is 45.5 Å². The van der Waals surface area contributed by atoms with Crippen molar-refractivity contribution in [3.63, 3.8) is 0 Å². The van der Waals surface area contributed by atoms with Crippen LogP contribution in [-0.4, -0.2) is 132 Å². The van der Waals surface area contributed by atoms with Crippen molar-refractivity contribution in [2.24, 2.45) is 5.41 Å². The van der Waals surface area contributed by atoms with Crippen LogP contribution < -0.4 is 21.3 Å². The molecule has 1 saturated carbocycles. The number of rotatable bonds is 27. The summed E-state index contributed by atoms with van der Waals surface area (Å²) in [6, 6.07) is 15.4. The van der Waals surface area contributed by atoms with Crippen molar-refractivity contribution in [3.05, 3.63) is 71.3 Å². The Balaban J connectivity index is 0.895. The van der Waals surface area contributed by atoms with Crippen molar-refractivity contribution in [2.45, 2.75) is 57.9 Å². The number of unbranched alkanes of at least 4 members (excludes halogenated alkanes) is 1. The lowest BCUT2D eigenvalue weighted by molar-refractivity contribution is -0.139. The fourth-order valence-electron chi connectivity index (χ4n) is 6.83. The molecule has 2 aromatic carbocycles. The van der Waals surface area contributed by atoms with Gasteiger partial charge in [-0.3, -0.25) is 24.0 Å². The maximum absolute atomic E-state index is 12.3. The minimum Gasteiger partial charge on any atom is -0.480 e. The summed E-state index contributed by atoms with van der Waals surface area (Å²) in [5.74, 6) is -2.08. The molecule has 16 heteroatoms. The van der Waals surface area contributed by atoms with E-state index in [-0.39, 0.29) is 132 Å². The molecule has 322 valence electrons. The summed E-state index contributed by atoms with van der Waals surface area (Å²) in [6.45, 7) is 6.06. The zero-order valence-corrected chi connectivity index (χ0v) is 34.0.